The monoisotopic (exact) mass is 399 g/mol. The number of hydrogen-bond donors (Lipinski definition) is 0. The third-order valence-electron chi connectivity index (χ3n) is 5.96. The van der Waals surface area contributed by atoms with Crippen molar-refractivity contribution in [2.24, 2.45) is 0 Å². The van der Waals surface area contributed by atoms with Gasteiger partial charge in [-0.3, -0.25) is 9.69 Å². The Labute approximate surface area is 166 Å². The van der Waals surface area contributed by atoms with Crippen molar-refractivity contribution in [1.82, 2.24) is 9.21 Å². The van der Waals surface area contributed by atoms with Crippen LogP contribution < -0.4 is 4.90 Å². The van der Waals surface area contributed by atoms with E-state index in [1.807, 2.05) is 61.3 Å². The molecule has 0 aliphatic carbocycles. The van der Waals surface area contributed by atoms with E-state index in [9.17, 15) is 13.2 Å². The second-order valence-electron chi connectivity index (χ2n) is 7.80. The van der Waals surface area contributed by atoms with E-state index in [4.69, 9.17) is 0 Å². The fraction of sp³-hybridized carbons (Fsp3) is 0.381. The molecule has 0 bridgehead atoms. The van der Waals surface area contributed by atoms with E-state index in [1.54, 1.807) is 21.3 Å². The predicted octanol–water partition coefficient (Wildman–Crippen LogP) is 2.11. The fourth-order valence-corrected chi connectivity index (χ4v) is 5.65. The number of piperazine rings is 1. The van der Waals surface area contributed by atoms with Crippen molar-refractivity contribution in [1.29, 1.82) is 0 Å². The van der Waals surface area contributed by atoms with Gasteiger partial charge in [0.05, 0.1) is 17.0 Å². The zero-order valence-electron chi connectivity index (χ0n) is 16.2. The van der Waals surface area contributed by atoms with Crippen LogP contribution in [-0.4, -0.2) is 62.3 Å². The average Bonchev–Trinajstić information content (AvgIpc) is 3.12. The standard InChI is InChI=1S/C21H25N3O3S/c1-17-8-10-19(11-9-17)28(26,27)23-13-12-21(15-23)16-24(20(25)14-22(21)2)18-6-4-3-5-7-18/h3-11H,12-16H2,1-2H3. The number of carbonyl (C=O) groups excluding carboxylic acids is 1. The Bertz CT molecular complexity index is 976. The molecule has 2 saturated heterocycles. The van der Waals surface area contributed by atoms with Crippen molar-refractivity contribution < 1.29 is 13.2 Å². The summed E-state index contributed by atoms with van der Waals surface area (Å²) in [5.74, 6) is 0.0409. The molecule has 2 aliphatic rings. The van der Waals surface area contributed by atoms with Gasteiger partial charge in [0.1, 0.15) is 0 Å². The summed E-state index contributed by atoms with van der Waals surface area (Å²) in [7, 11) is -1.63. The SMILES string of the molecule is Cc1ccc(S(=O)(=O)N2CCC3(CN(c4ccccc4)C(=O)CN3C)C2)cc1. The minimum Gasteiger partial charge on any atom is -0.309 e. The lowest BCUT2D eigenvalue weighted by molar-refractivity contribution is -0.123. The number of amides is 1. The van der Waals surface area contributed by atoms with E-state index in [2.05, 4.69) is 0 Å². The Kier molecular flexibility index (Phi) is 4.77. The quantitative estimate of drug-likeness (QED) is 0.793. The van der Waals surface area contributed by atoms with E-state index < -0.39 is 10.0 Å². The first-order valence-corrected chi connectivity index (χ1v) is 10.9. The van der Waals surface area contributed by atoms with Gasteiger partial charge >= 0.3 is 0 Å². The molecule has 2 fully saturated rings. The lowest BCUT2D eigenvalue weighted by atomic mass is 9.92. The van der Waals surface area contributed by atoms with Crippen LogP contribution in [0.25, 0.3) is 0 Å². The number of rotatable bonds is 3. The maximum absolute atomic E-state index is 13.1. The number of likely N-dealkylation sites (N-methyl/N-ethyl adjacent to an activating group) is 1. The number of nitrogens with zero attached hydrogens (tertiary/aromatic N) is 3. The van der Waals surface area contributed by atoms with Gasteiger partial charge in [0.15, 0.2) is 0 Å². The van der Waals surface area contributed by atoms with Crippen molar-refractivity contribution in [2.75, 3.05) is 38.1 Å². The first-order valence-electron chi connectivity index (χ1n) is 9.45. The highest BCUT2D eigenvalue weighted by atomic mass is 32.2. The van der Waals surface area contributed by atoms with Crippen LogP contribution in [0.2, 0.25) is 0 Å². The van der Waals surface area contributed by atoms with Crippen LogP contribution in [-0.2, 0) is 14.8 Å². The predicted molar refractivity (Wildman–Crippen MR) is 109 cm³/mol. The van der Waals surface area contributed by atoms with Gasteiger partial charge in [-0.05, 0) is 44.7 Å². The maximum atomic E-state index is 13.1. The highest BCUT2D eigenvalue weighted by Crippen LogP contribution is 2.35. The second-order valence-corrected chi connectivity index (χ2v) is 9.74. The number of benzene rings is 2. The third-order valence-corrected chi connectivity index (χ3v) is 7.82. The first kappa shape index (κ1) is 19.1. The summed E-state index contributed by atoms with van der Waals surface area (Å²) in [5, 5.41) is 0. The molecule has 0 radical (unpaired) electrons. The summed E-state index contributed by atoms with van der Waals surface area (Å²) >= 11 is 0. The highest BCUT2D eigenvalue weighted by molar-refractivity contribution is 7.89. The largest absolute Gasteiger partial charge is 0.309 e. The molecule has 1 amide bonds. The molecule has 0 aromatic heterocycles. The number of carbonyl (C=O) groups is 1. The van der Waals surface area contributed by atoms with Crippen LogP contribution in [0.5, 0.6) is 0 Å². The van der Waals surface area contributed by atoms with Crippen LogP contribution >= 0.6 is 0 Å². The minimum absolute atomic E-state index is 0.0409. The Morgan fingerprint density at radius 3 is 2.32 bits per heavy atom. The van der Waals surface area contributed by atoms with Crippen molar-refractivity contribution in [2.45, 2.75) is 23.8 Å². The van der Waals surface area contributed by atoms with Crippen LogP contribution in [0, 0.1) is 6.92 Å². The number of aryl methyl sites for hydroxylation is 1. The van der Waals surface area contributed by atoms with Crippen LogP contribution in [0.4, 0.5) is 5.69 Å². The molecule has 1 atom stereocenters. The van der Waals surface area contributed by atoms with Gasteiger partial charge in [-0.25, -0.2) is 8.42 Å². The number of anilines is 1. The number of para-hydroxylation sites is 1. The first-order chi connectivity index (χ1) is 13.3. The van der Waals surface area contributed by atoms with Gasteiger partial charge in [0.25, 0.3) is 0 Å². The van der Waals surface area contributed by atoms with Crippen LogP contribution in [0.15, 0.2) is 59.5 Å². The number of hydrogen-bond acceptors (Lipinski definition) is 4. The topological polar surface area (TPSA) is 60.9 Å². The fourth-order valence-electron chi connectivity index (χ4n) is 4.13. The second kappa shape index (κ2) is 6.99. The molecular formula is C21H25N3O3S. The molecule has 7 heteroatoms. The molecule has 6 nitrogen and oxygen atoms in total. The zero-order chi connectivity index (χ0) is 19.9. The molecule has 1 unspecified atom stereocenters. The van der Waals surface area contributed by atoms with Crippen molar-refractivity contribution >= 4 is 21.6 Å². The molecule has 2 aliphatic heterocycles. The molecule has 28 heavy (non-hydrogen) atoms. The Morgan fingerprint density at radius 2 is 1.64 bits per heavy atom. The average molecular weight is 400 g/mol. The highest BCUT2D eigenvalue weighted by Gasteiger charge is 2.50. The smallest absolute Gasteiger partial charge is 0.243 e. The van der Waals surface area contributed by atoms with Crippen molar-refractivity contribution in [3.05, 3.63) is 60.2 Å². The molecule has 4 rings (SSSR count). The van der Waals surface area contributed by atoms with Crippen LogP contribution in [0.1, 0.15) is 12.0 Å². The summed E-state index contributed by atoms with van der Waals surface area (Å²) in [5.41, 5.74) is 1.52. The van der Waals surface area contributed by atoms with Gasteiger partial charge in [0, 0.05) is 25.3 Å². The molecule has 2 aromatic carbocycles. The van der Waals surface area contributed by atoms with E-state index >= 15 is 0 Å². The van der Waals surface area contributed by atoms with Gasteiger partial charge in [-0.15, -0.1) is 0 Å². The normalized spacial score (nSPS) is 24.2. The van der Waals surface area contributed by atoms with E-state index in [1.165, 1.54) is 0 Å². The number of sulfonamides is 1. The molecule has 2 aromatic rings. The minimum atomic E-state index is -3.55. The van der Waals surface area contributed by atoms with Crippen molar-refractivity contribution in [3.8, 4) is 0 Å². The maximum Gasteiger partial charge on any atom is 0.243 e. The zero-order valence-corrected chi connectivity index (χ0v) is 17.0. The summed E-state index contributed by atoms with van der Waals surface area (Å²) in [4.78, 5) is 16.8. The summed E-state index contributed by atoms with van der Waals surface area (Å²) in [6, 6.07) is 16.6. The Balaban J connectivity index is 1.60. The third kappa shape index (κ3) is 3.23. The Morgan fingerprint density at radius 1 is 0.964 bits per heavy atom. The van der Waals surface area contributed by atoms with Gasteiger partial charge in [0.2, 0.25) is 15.9 Å². The van der Waals surface area contributed by atoms with E-state index in [-0.39, 0.29) is 18.0 Å². The Hall–Kier alpha value is -2.22. The summed E-state index contributed by atoms with van der Waals surface area (Å²) in [6.45, 7) is 3.56. The van der Waals surface area contributed by atoms with Gasteiger partial charge < -0.3 is 4.90 Å². The molecule has 0 N–H and O–H groups in total. The van der Waals surface area contributed by atoms with Gasteiger partial charge in [-0.1, -0.05) is 35.9 Å². The van der Waals surface area contributed by atoms with Crippen LogP contribution in [0.3, 0.4) is 0 Å². The molecular weight excluding hydrogens is 374 g/mol. The lowest BCUT2D eigenvalue weighted by Gasteiger charge is -2.46. The molecule has 148 valence electrons. The summed E-state index contributed by atoms with van der Waals surface area (Å²) < 4.78 is 27.8. The van der Waals surface area contributed by atoms with Gasteiger partial charge in [-0.2, -0.15) is 4.31 Å². The molecule has 0 saturated carbocycles. The van der Waals surface area contributed by atoms with E-state index in [0.717, 1.165) is 11.3 Å². The lowest BCUT2D eigenvalue weighted by Crippen LogP contribution is -2.64. The molecule has 1 spiro atoms. The van der Waals surface area contributed by atoms with Crippen molar-refractivity contribution in [3.63, 3.8) is 0 Å². The van der Waals surface area contributed by atoms with E-state index in [0.29, 0.717) is 31.0 Å². The molecule has 2 heterocycles. The summed E-state index contributed by atoms with van der Waals surface area (Å²) in [6.07, 6.45) is 0.700.